The van der Waals surface area contributed by atoms with Gasteiger partial charge in [-0.2, -0.15) is 18.3 Å². The Morgan fingerprint density at radius 3 is 2.70 bits per heavy atom. The molecule has 0 aliphatic heterocycles. The van der Waals surface area contributed by atoms with E-state index >= 15 is 0 Å². The van der Waals surface area contributed by atoms with E-state index < -0.39 is 34.4 Å². The highest BCUT2D eigenvalue weighted by atomic mass is 19.4. The van der Waals surface area contributed by atoms with Crippen LogP contribution >= 0.6 is 0 Å². The SMILES string of the molecule is CCOC(=O)c1cc2c(N[C@H](C)c3cc([N+](=O)[O-])cc(C(F)(F)F)c3)ncnn2c1. The monoisotopic (exact) mass is 423 g/mol. The van der Waals surface area contributed by atoms with E-state index in [2.05, 4.69) is 15.4 Å². The molecule has 0 fully saturated rings. The van der Waals surface area contributed by atoms with Gasteiger partial charge in [0.1, 0.15) is 11.8 Å². The van der Waals surface area contributed by atoms with Crippen LogP contribution in [-0.4, -0.2) is 32.1 Å². The van der Waals surface area contributed by atoms with Gasteiger partial charge in [-0.1, -0.05) is 0 Å². The summed E-state index contributed by atoms with van der Waals surface area (Å²) in [4.78, 5) is 26.2. The van der Waals surface area contributed by atoms with Gasteiger partial charge in [-0.05, 0) is 31.5 Å². The van der Waals surface area contributed by atoms with Crippen molar-refractivity contribution in [3.63, 3.8) is 0 Å². The number of nitrogens with zero attached hydrogens (tertiary/aromatic N) is 4. The normalized spacial score (nSPS) is 12.6. The minimum atomic E-state index is -4.74. The number of halogens is 3. The molecule has 0 spiro atoms. The maximum atomic E-state index is 13.1. The van der Waals surface area contributed by atoms with Crippen LogP contribution in [0.3, 0.4) is 0 Å². The largest absolute Gasteiger partial charge is 0.462 e. The van der Waals surface area contributed by atoms with Crippen molar-refractivity contribution < 1.29 is 27.6 Å². The molecule has 3 aromatic rings. The number of nitrogens with one attached hydrogen (secondary N) is 1. The highest BCUT2D eigenvalue weighted by Crippen LogP contribution is 2.34. The summed E-state index contributed by atoms with van der Waals surface area (Å²) in [6.07, 6.45) is -2.11. The van der Waals surface area contributed by atoms with Crippen LogP contribution in [0.4, 0.5) is 24.7 Å². The number of hydrogen-bond donors (Lipinski definition) is 1. The lowest BCUT2D eigenvalue weighted by molar-refractivity contribution is -0.385. The van der Waals surface area contributed by atoms with Crippen LogP contribution in [0.1, 0.15) is 41.4 Å². The number of fused-ring (bicyclic) bond motifs is 1. The molecule has 0 saturated heterocycles. The van der Waals surface area contributed by atoms with Crippen molar-refractivity contribution in [2.45, 2.75) is 26.1 Å². The molecule has 1 N–H and O–H groups in total. The van der Waals surface area contributed by atoms with Crippen molar-refractivity contribution in [1.29, 1.82) is 0 Å². The zero-order valence-electron chi connectivity index (χ0n) is 15.8. The molecule has 158 valence electrons. The number of nitro groups is 1. The van der Waals surface area contributed by atoms with E-state index in [9.17, 15) is 28.1 Å². The van der Waals surface area contributed by atoms with E-state index in [1.807, 2.05) is 0 Å². The number of non-ortho nitro benzene ring substituents is 1. The minimum absolute atomic E-state index is 0.0467. The van der Waals surface area contributed by atoms with E-state index in [0.29, 0.717) is 11.6 Å². The van der Waals surface area contributed by atoms with Crippen LogP contribution in [0.5, 0.6) is 0 Å². The summed E-state index contributed by atoms with van der Waals surface area (Å²) in [5.41, 5.74) is -1.14. The van der Waals surface area contributed by atoms with Gasteiger partial charge in [0.25, 0.3) is 5.69 Å². The molecular weight excluding hydrogens is 407 g/mol. The number of alkyl halides is 3. The number of aromatic nitrogens is 3. The van der Waals surface area contributed by atoms with E-state index in [4.69, 9.17) is 4.74 Å². The molecule has 0 saturated carbocycles. The smallest absolute Gasteiger partial charge is 0.416 e. The first kappa shape index (κ1) is 21.0. The summed E-state index contributed by atoms with van der Waals surface area (Å²) in [5, 5.41) is 18.0. The second kappa shape index (κ2) is 7.97. The van der Waals surface area contributed by atoms with E-state index in [0.717, 1.165) is 12.1 Å². The Kier molecular flexibility index (Phi) is 5.58. The van der Waals surface area contributed by atoms with Crippen LogP contribution in [0, 0.1) is 10.1 Å². The van der Waals surface area contributed by atoms with Gasteiger partial charge < -0.3 is 10.1 Å². The van der Waals surface area contributed by atoms with Crippen LogP contribution < -0.4 is 5.32 Å². The molecule has 0 unspecified atom stereocenters. The molecule has 0 radical (unpaired) electrons. The fourth-order valence-electron chi connectivity index (χ4n) is 2.81. The molecule has 0 amide bonds. The molecule has 12 heteroatoms. The molecule has 2 heterocycles. The minimum Gasteiger partial charge on any atom is -0.462 e. The quantitative estimate of drug-likeness (QED) is 0.362. The summed E-state index contributed by atoms with van der Waals surface area (Å²) in [5.74, 6) is -0.330. The number of carbonyl (C=O) groups excluding carboxylic acids is 1. The number of ether oxygens (including phenoxy) is 1. The van der Waals surface area contributed by atoms with Crippen LogP contribution in [0.25, 0.3) is 5.52 Å². The van der Waals surface area contributed by atoms with E-state index in [1.54, 1.807) is 6.92 Å². The van der Waals surface area contributed by atoms with Gasteiger partial charge in [-0.25, -0.2) is 14.3 Å². The van der Waals surface area contributed by atoms with Gasteiger partial charge in [0.2, 0.25) is 0 Å². The van der Waals surface area contributed by atoms with Crippen molar-refractivity contribution >= 4 is 23.0 Å². The highest BCUT2D eigenvalue weighted by molar-refractivity contribution is 5.92. The summed E-state index contributed by atoms with van der Waals surface area (Å²) in [6.45, 7) is 3.39. The maximum absolute atomic E-state index is 13.1. The molecule has 1 aromatic carbocycles. The molecule has 2 aromatic heterocycles. The van der Waals surface area contributed by atoms with Crippen LogP contribution in [-0.2, 0) is 10.9 Å². The van der Waals surface area contributed by atoms with Gasteiger partial charge in [-0.15, -0.1) is 0 Å². The molecule has 30 heavy (non-hydrogen) atoms. The first-order valence-electron chi connectivity index (χ1n) is 8.73. The molecule has 0 bridgehead atoms. The molecule has 0 aliphatic carbocycles. The van der Waals surface area contributed by atoms with Gasteiger partial charge in [0.05, 0.1) is 28.7 Å². The average molecular weight is 423 g/mol. The first-order chi connectivity index (χ1) is 14.1. The molecule has 3 rings (SSSR count). The topological polar surface area (TPSA) is 112 Å². The average Bonchev–Trinajstić information content (AvgIpc) is 3.12. The van der Waals surface area contributed by atoms with E-state index in [1.165, 1.54) is 30.0 Å². The van der Waals surface area contributed by atoms with Crippen LogP contribution in [0.15, 0.2) is 36.8 Å². The fraction of sp³-hybridized carbons (Fsp3) is 0.278. The van der Waals surface area contributed by atoms with E-state index in [-0.39, 0.29) is 23.6 Å². The number of hydrogen-bond acceptors (Lipinski definition) is 7. The van der Waals surface area contributed by atoms with Gasteiger partial charge in [-0.3, -0.25) is 10.1 Å². The highest BCUT2D eigenvalue weighted by Gasteiger charge is 2.33. The molecule has 1 atom stereocenters. The Balaban J connectivity index is 1.97. The summed E-state index contributed by atoms with van der Waals surface area (Å²) < 4.78 is 45.7. The zero-order chi connectivity index (χ0) is 22.1. The van der Waals surface area contributed by atoms with Gasteiger partial charge in [0.15, 0.2) is 5.82 Å². The predicted molar refractivity (Wildman–Crippen MR) is 99.1 cm³/mol. The van der Waals surface area contributed by atoms with Crippen molar-refractivity contribution in [2.75, 3.05) is 11.9 Å². The number of nitro benzene ring substituents is 1. The Bertz CT molecular complexity index is 1110. The molecule has 0 aliphatic rings. The van der Waals surface area contributed by atoms with Gasteiger partial charge in [0, 0.05) is 18.3 Å². The predicted octanol–water partition coefficient (Wildman–Crippen LogP) is 4.01. The zero-order valence-corrected chi connectivity index (χ0v) is 15.8. The second-order valence-corrected chi connectivity index (χ2v) is 6.32. The third kappa shape index (κ3) is 4.31. The number of carbonyl (C=O) groups is 1. The second-order valence-electron chi connectivity index (χ2n) is 6.32. The Morgan fingerprint density at radius 1 is 1.33 bits per heavy atom. The number of anilines is 1. The Labute approximate surface area is 167 Å². The molecular formula is C18H16F3N5O4. The van der Waals surface area contributed by atoms with Crippen molar-refractivity contribution in [3.05, 3.63) is 63.6 Å². The first-order valence-corrected chi connectivity index (χ1v) is 8.73. The number of benzene rings is 1. The third-order valence-corrected chi connectivity index (χ3v) is 4.25. The maximum Gasteiger partial charge on any atom is 0.416 e. The number of rotatable bonds is 6. The van der Waals surface area contributed by atoms with Crippen molar-refractivity contribution in [2.24, 2.45) is 0 Å². The standard InChI is InChI=1S/C18H16F3N5O4/c1-3-30-17(27)12-6-15-16(22-9-23-25(15)8-12)24-10(2)11-4-13(18(19,20)21)7-14(5-11)26(28)29/h4-10H,3H2,1-2H3,(H,22,23,24)/t10-/m1/s1. The lowest BCUT2D eigenvalue weighted by atomic mass is 10.0. The lowest BCUT2D eigenvalue weighted by Gasteiger charge is -2.17. The molecule has 9 nitrogen and oxygen atoms in total. The van der Waals surface area contributed by atoms with Crippen molar-refractivity contribution in [3.8, 4) is 0 Å². The summed E-state index contributed by atoms with van der Waals surface area (Å²) in [6, 6.07) is 3.09. The fourth-order valence-corrected chi connectivity index (χ4v) is 2.81. The summed E-state index contributed by atoms with van der Waals surface area (Å²) in [7, 11) is 0. The Morgan fingerprint density at radius 2 is 2.07 bits per heavy atom. The lowest BCUT2D eigenvalue weighted by Crippen LogP contribution is -2.12. The third-order valence-electron chi connectivity index (χ3n) is 4.25. The van der Waals surface area contributed by atoms with Crippen molar-refractivity contribution in [1.82, 2.24) is 14.6 Å². The summed E-state index contributed by atoms with van der Waals surface area (Å²) >= 11 is 0. The van der Waals surface area contributed by atoms with Crippen LogP contribution in [0.2, 0.25) is 0 Å². The number of esters is 1. The Hall–Kier alpha value is -3.70. The van der Waals surface area contributed by atoms with Gasteiger partial charge >= 0.3 is 12.1 Å².